The summed E-state index contributed by atoms with van der Waals surface area (Å²) in [5.74, 6) is 0.0646. The molecule has 0 fully saturated rings. The molecule has 4 rings (SSSR count). The van der Waals surface area contributed by atoms with Gasteiger partial charge in [-0.1, -0.05) is 6.07 Å². The molecule has 0 spiro atoms. The Balaban J connectivity index is 1.56. The highest BCUT2D eigenvalue weighted by Crippen LogP contribution is 2.25. The van der Waals surface area contributed by atoms with E-state index >= 15 is 0 Å². The number of aromatic nitrogens is 4. The minimum atomic E-state index is -0.430. The van der Waals surface area contributed by atoms with Gasteiger partial charge in [-0.05, 0) is 50.1 Å². The molecule has 2 N–H and O–H groups in total. The second-order valence-corrected chi connectivity index (χ2v) is 6.66. The van der Waals surface area contributed by atoms with E-state index in [9.17, 15) is 9.18 Å². The molecule has 0 unspecified atom stereocenters. The molecule has 8 nitrogen and oxygen atoms in total. The van der Waals surface area contributed by atoms with Crippen molar-refractivity contribution in [1.82, 2.24) is 25.3 Å². The maximum Gasteiger partial charge on any atom is 0.259 e. The highest BCUT2D eigenvalue weighted by atomic mass is 19.1. The number of nitrogens with one attached hydrogen (secondary N) is 2. The Bertz CT molecular complexity index is 1050. The molecule has 2 aromatic heterocycles. The monoisotopic (exact) mass is 396 g/mol. The number of amides is 1. The van der Waals surface area contributed by atoms with Gasteiger partial charge in [-0.25, -0.2) is 9.07 Å². The van der Waals surface area contributed by atoms with Gasteiger partial charge in [0.15, 0.2) is 5.82 Å². The predicted octanol–water partition coefficient (Wildman–Crippen LogP) is 2.41. The zero-order valence-electron chi connectivity index (χ0n) is 16.2. The molecule has 150 valence electrons. The van der Waals surface area contributed by atoms with Crippen molar-refractivity contribution in [3.05, 3.63) is 58.7 Å². The van der Waals surface area contributed by atoms with Crippen LogP contribution in [0.25, 0.3) is 5.82 Å². The molecule has 1 amide bonds. The van der Waals surface area contributed by atoms with Gasteiger partial charge in [0, 0.05) is 12.6 Å². The van der Waals surface area contributed by atoms with Crippen LogP contribution in [0.15, 0.2) is 30.5 Å². The highest BCUT2D eigenvalue weighted by Gasteiger charge is 2.20. The van der Waals surface area contributed by atoms with Crippen molar-refractivity contribution in [2.75, 3.05) is 18.5 Å². The average molecular weight is 396 g/mol. The van der Waals surface area contributed by atoms with Gasteiger partial charge in [-0.2, -0.15) is 5.10 Å². The molecule has 0 atom stereocenters. The number of nitrogens with zero attached hydrogens (tertiary/aromatic N) is 4. The number of carbonyl (C=O) groups is 1. The first kappa shape index (κ1) is 19.0. The van der Waals surface area contributed by atoms with Gasteiger partial charge in [-0.15, -0.1) is 10.2 Å². The van der Waals surface area contributed by atoms with Crippen LogP contribution in [0.1, 0.15) is 34.1 Å². The summed E-state index contributed by atoms with van der Waals surface area (Å²) in [5.41, 5.74) is 2.65. The lowest BCUT2D eigenvalue weighted by atomic mass is 9.99. The molecule has 0 saturated carbocycles. The Morgan fingerprint density at radius 1 is 1.31 bits per heavy atom. The number of halogens is 1. The van der Waals surface area contributed by atoms with Crippen LogP contribution in [0.4, 0.5) is 10.1 Å². The molecule has 0 radical (unpaired) electrons. The molecule has 9 heteroatoms. The lowest BCUT2D eigenvalue weighted by Gasteiger charge is -2.19. The van der Waals surface area contributed by atoms with E-state index in [0.29, 0.717) is 48.1 Å². The summed E-state index contributed by atoms with van der Waals surface area (Å²) in [6.07, 6.45) is 2.03. The van der Waals surface area contributed by atoms with E-state index in [4.69, 9.17) is 4.74 Å². The first-order valence-electron chi connectivity index (χ1n) is 9.42. The van der Waals surface area contributed by atoms with Crippen LogP contribution in [-0.2, 0) is 13.0 Å². The summed E-state index contributed by atoms with van der Waals surface area (Å²) < 4.78 is 21.6. The molecule has 1 aliphatic heterocycles. The van der Waals surface area contributed by atoms with Gasteiger partial charge in [0.25, 0.3) is 5.91 Å². The predicted molar refractivity (Wildman–Crippen MR) is 105 cm³/mol. The van der Waals surface area contributed by atoms with Crippen LogP contribution in [0.2, 0.25) is 0 Å². The van der Waals surface area contributed by atoms with Crippen LogP contribution >= 0.6 is 0 Å². The average Bonchev–Trinajstić information content (AvgIpc) is 3.12. The van der Waals surface area contributed by atoms with Crippen molar-refractivity contribution in [3.63, 3.8) is 0 Å². The molecule has 0 saturated heterocycles. The maximum atomic E-state index is 14.8. The maximum absolute atomic E-state index is 14.8. The van der Waals surface area contributed by atoms with Gasteiger partial charge in [0.1, 0.15) is 5.82 Å². The molecule has 1 aromatic carbocycles. The van der Waals surface area contributed by atoms with E-state index < -0.39 is 5.91 Å². The van der Waals surface area contributed by atoms with Crippen LogP contribution in [-0.4, -0.2) is 39.0 Å². The summed E-state index contributed by atoms with van der Waals surface area (Å²) in [6, 6.07) is 6.82. The van der Waals surface area contributed by atoms with Crippen LogP contribution in [0, 0.1) is 12.7 Å². The smallest absolute Gasteiger partial charge is 0.259 e. The van der Waals surface area contributed by atoms with Crippen LogP contribution in [0.5, 0.6) is 5.88 Å². The van der Waals surface area contributed by atoms with E-state index in [0.717, 1.165) is 12.1 Å². The molecule has 3 heterocycles. The minimum Gasteiger partial charge on any atom is -0.477 e. The number of anilines is 1. The van der Waals surface area contributed by atoms with Crippen LogP contribution < -0.4 is 15.4 Å². The summed E-state index contributed by atoms with van der Waals surface area (Å²) in [7, 11) is 0. The van der Waals surface area contributed by atoms with E-state index in [2.05, 4.69) is 25.9 Å². The summed E-state index contributed by atoms with van der Waals surface area (Å²) in [6.45, 7) is 5.45. The Hall–Kier alpha value is -3.33. The van der Waals surface area contributed by atoms with E-state index in [1.165, 1.54) is 10.9 Å². The highest BCUT2D eigenvalue weighted by molar-refractivity contribution is 6.05. The number of carbonyl (C=O) groups excluding carboxylic acids is 1. The lowest BCUT2D eigenvalue weighted by molar-refractivity contribution is 0.102. The molecule has 0 bridgehead atoms. The zero-order valence-corrected chi connectivity index (χ0v) is 16.2. The number of fused-ring (bicyclic) bond motifs is 1. The summed E-state index contributed by atoms with van der Waals surface area (Å²) in [5, 5.41) is 18.1. The fourth-order valence-corrected chi connectivity index (χ4v) is 3.33. The van der Waals surface area contributed by atoms with Crippen molar-refractivity contribution in [2.24, 2.45) is 0 Å². The Morgan fingerprint density at radius 3 is 2.93 bits per heavy atom. The van der Waals surface area contributed by atoms with Gasteiger partial charge < -0.3 is 15.4 Å². The topological polar surface area (TPSA) is 94.0 Å². The van der Waals surface area contributed by atoms with E-state index in [1.807, 2.05) is 13.0 Å². The third-order valence-electron chi connectivity index (χ3n) is 4.85. The second kappa shape index (κ2) is 7.96. The SMILES string of the molecule is CCOc1ccc(-n2ncc(C(=O)Nc3ccc4c(c3F)CCNC4)c2C)nn1. The lowest BCUT2D eigenvalue weighted by Crippen LogP contribution is -2.25. The second-order valence-electron chi connectivity index (χ2n) is 6.66. The number of rotatable bonds is 5. The largest absolute Gasteiger partial charge is 0.477 e. The summed E-state index contributed by atoms with van der Waals surface area (Å²) in [4.78, 5) is 12.7. The normalized spacial score (nSPS) is 13.1. The molecular formula is C20H21FN6O2. The van der Waals surface area contributed by atoms with Gasteiger partial charge in [0.05, 0.1) is 29.7 Å². The summed E-state index contributed by atoms with van der Waals surface area (Å²) >= 11 is 0. The molecule has 0 aliphatic carbocycles. The number of hydrogen-bond donors (Lipinski definition) is 2. The van der Waals surface area contributed by atoms with Crippen molar-refractivity contribution >= 4 is 11.6 Å². The minimum absolute atomic E-state index is 0.170. The quantitative estimate of drug-likeness (QED) is 0.688. The van der Waals surface area contributed by atoms with Gasteiger partial charge in [-0.3, -0.25) is 4.79 Å². The number of benzene rings is 1. The van der Waals surface area contributed by atoms with Crippen LogP contribution in [0.3, 0.4) is 0 Å². The van der Waals surface area contributed by atoms with Crippen molar-refractivity contribution in [2.45, 2.75) is 26.8 Å². The molecule has 3 aromatic rings. The zero-order chi connectivity index (χ0) is 20.4. The first-order valence-corrected chi connectivity index (χ1v) is 9.42. The Labute approximate surface area is 167 Å². The molecule has 1 aliphatic rings. The van der Waals surface area contributed by atoms with Crippen molar-refractivity contribution in [3.8, 4) is 11.7 Å². The third-order valence-corrected chi connectivity index (χ3v) is 4.85. The standard InChI is InChI=1S/C20H21FN6O2/c1-3-29-18-7-6-17(25-26-18)27-12(2)15(11-23-27)20(28)24-16-5-4-13-10-22-9-8-14(13)19(16)21/h4-7,11,22H,3,8-10H2,1-2H3,(H,24,28). The van der Waals surface area contributed by atoms with E-state index in [-0.39, 0.29) is 11.5 Å². The fourth-order valence-electron chi connectivity index (χ4n) is 3.33. The van der Waals surface area contributed by atoms with Crippen molar-refractivity contribution < 1.29 is 13.9 Å². The van der Waals surface area contributed by atoms with Gasteiger partial charge in [0.2, 0.25) is 5.88 Å². The Morgan fingerprint density at radius 2 is 2.17 bits per heavy atom. The number of hydrogen-bond acceptors (Lipinski definition) is 6. The van der Waals surface area contributed by atoms with E-state index in [1.54, 1.807) is 25.1 Å². The molecule has 29 heavy (non-hydrogen) atoms. The Kier molecular flexibility index (Phi) is 5.22. The van der Waals surface area contributed by atoms with Gasteiger partial charge >= 0.3 is 0 Å². The third kappa shape index (κ3) is 3.68. The van der Waals surface area contributed by atoms with Crippen molar-refractivity contribution in [1.29, 1.82) is 0 Å². The molecular weight excluding hydrogens is 375 g/mol. The first-order chi connectivity index (χ1) is 14.1. The fraction of sp³-hybridized carbons (Fsp3) is 0.300. The number of ether oxygens (including phenoxy) is 1.